The van der Waals surface area contributed by atoms with E-state index in [9.17, 15) is 24.5 Å². The van der Waals surface area contributed by atoms with E-state index < -0.39 is 36.0 Å². The minimum atomic E-state index is -0.931. The molecular formula is C16H15N3O8. The number of amides is 3. The second-order valence-electron chi connectivity index (χ2n) is 4.98. The van der Waals surface area contributed by atoms with Gasteiger partial charge in [-0.25, -0.2) is 9.59 Å². The van der Waals surface area contributed by atoms with Crippen molar-refractivity contribution in [3.05, 3.63) is 58.5 Å². The zero-order valence-electron chi connectivity index (χ0n) is 13.9. The Kier molecular flexibility index (Phi) is 6.88. The first kappa shape index (κ1) is 19.4. The highest BCUT2D eigenvalue weighted by molar-refractivity contribution is 5.95. The maximum Gasteiger partial charge on any atom is 0.344 e. The number of nitrogens with zero attached hydrogens (tertiary/aromatic N) is 1. The fourth-order valence-corrected chi connectivity index (χ4v) is 1.84. The van der Waals surface area contributed by atoms with Crippen LogP contribution in [-0.2, 0) is 20.9 Å². The quantitative estimate of drug-likeness (QED) is 0.395. The van der Waals surface area contributed by atoms with Crippen LogP contribution >= 0.6 is 0 Å². The van der Waals surface area contributed by atoms with Gasteiger partial charge in [-0.05, 0) is 18.2 Å². The molecule has 0 radical (unpaired) electrons. The summed E-state index contributed by atoms with van der Waals surface area (Å²) in [6.07, 6.45) is 1.44. The van der Waals surface area contributed by atoms with Gasteiger partial charge in [-0.2, -0.15) is 0 Å². The maximum atomic E-state index is 11.6. The van der Waals surface area contributed by atoms with Gasteiger partial charge in [0.05, 0.1) is 17.7 Å². The maximum absolute atomic E-state index is 11.6. The molecule has 0 bridgehead atoms. The standard InChI is InChI=1S/C16H15N3O8/c20-14(18-16(22)17-8-11-4-3-7-25-11)9-27-15(21)10-26-13-6-2-1-5-12(13)19(23)24/h1-7H,8-10H2,(H2,17,18,20,22). The van der Waals surface area contributed by atoms with E-state index in [2.05, 4.69) is 10.1 Å². The Bertz CT molecular complexity index is 819. The van der Waals surface area contributed by atoms with Crippen LogP contribution in [0.4, 0.5) is 10.5 Å². The second kappa shape index (κ2) is 9.56. The minimum absolute atomic E-state index is 0.0790. The fraction of sp³-hybridized carbons (Fsp3) is 0.188. The number of carbonyl (C=O) groups excluding carboxylic acids is 3. The van der Waals surface area contributed by atoms with Crippen molar-refractivity contribution >= 4 is 23.6 Å². The average Bonchev–Trinajstić information content (AvgIpc) is 3.17. The fourth-order valence-electron chi connectivity index (χ4n) is 1.84. The third-order valence-electron chi connectivity index (χ3n) is 3.03. The van der Waals surface area contributed by atoms with E-state index in [1.54, 1.807) is 12.1 Å². The van der Waals surface area contributed by atoms with Crippen molar-refractivity contribution < 1.29 is 33.2 Å². The predicted molar refractivity (Wildman–Crippen MR) is 88.6 cm³/mol. The number of urea groups is 1. The van der Waals surface area contributed by atoms with Crippen molar-refractivity contribution in [3.8, 4) is 5.75 Å². The highest BCUT2D eigenvalue weighted by Gasteiger charge is 2.16. The van der Waals surface area contributed by atoms with Crippen LogP contribution in [0.25, 0.3) is 0 Å². The summed E-state index contributed by atoms with van der Waals surface area (Å²) in [5.74, 6) is -1.40. The Labute approximate surface area is 152 Å². The zero-order chi connectivity index (χ0) is 19.6. The Morgan fingerprint density at radius 1 is 1.11 bits per heavy atom. The van der Waals surface area contributed by atoms with Crippen LogP contribution in [0.15, 0.2) is 47.1 Å². The molecule has 0 atom stereocenters. The minimum Gasteiger partial charge on any atom is -0.475 e. The molecule has 1 aromatic carbocycles. The molecule has 11 heteroatoms. The molecule has 0 fully saturated rings. The molecule has 142 valence electrons. The van der Waals surface area contributed by atoms with Gasteiger partial charge in [0, 0.05) is 6.07 Å². The molecule has 2 rings (SSSR count). The number of esters is 1. The summed E-state index contributed by atoms with van der Waals surface area (Å²) in [5.41, 5.74) is -0.309. The second-order valence-corrected chi connectivity index (χ2v) is 4.98. The first-order valence-electron chi connectivity index (χ1n) is 7.57. The molecule has 1 aromatic heterocycles. The van der Waals surface area contributed by atoms with Gasteiger partial charge in [-0.1, -0.05) is 12.1 Å². The van der Waals surface area contributed by atoms with Crippen LogP contribution in [0.2, 0.25) is 0 Å². The Morgan fingerprint density at radius 2 is 1.89 bits per heavy atom. The smallest absolute Gasteiger partial charge is 0.344 e. The third-order valence-corrected chi connectivity index (χ3v) is 3.03. The molecule has 0 spiro atoms. The summed E-state index contributed by atoms with van der Waals surface area (Å²) in [4.78, 5) is 44.8. The number of hydrogen-bond acceptors (Lipinski definition) is 8. The van der Waals surface area contributed by atoms with E-state index in [1.807, 2.05) is 5.32 Å². The Morgan fingerprint density at radius 3 is 2.59 bits per heavy atom. The summed E-state index contributed by atoms with van der Waals surface area (Å²) < 4.78 is 14.7. The van der Waals surface area contributed by atoms with Crippen molar-refractivity contribution in [3.63, 3.8) is 0 Å². The summed E-state index contributed by atoms with van der Waals surface area (Å²) in [6.45, 7) is -1.27. The number of benzene rings is 1. The van der Waals surface area contributed by atoms with Gasteiger partial charge in [0.25, 0.3) is 5.91 Å². The molecule has 2 aromatic rings. The lowest BCUT2D eigenvalue weighted by Crippen LogP contribution is -2.41. The number of nitro benzene ring substituents is 1. The van der Waals surface area contributed by atoms with Gasteiger partial charge in [-0.15, -0.1) is 0 Å². The van der Waals surface area contributed by atoms with E-state index in [0.717, 1.165) is 0 Å². The molecule has 0 aliphatic carbocycles. The predicted octanol–water partition coefficient (Wildman–Crippen LogP) is 1.14. The molecule has 2 N–H and O–H groups in total. The highest BCUT2D eigenvalue weighted by Crippen LogP contribution is 2.25. The number of nitrogens with one attached hydrogen (secondary N) is 2. The molecule has 27 heavy (non-hydrogen) atoms. The van der Waals surface area contributed by atoms with Crippen LogP contribution in [0.3, 0.4) is 0 Å². The van der Waals surface area contributed by atoms with Crippen LogP contribution in [0.1, 0.15) is 5.76 Å². The van der Waals surface area contributed by atoms with Gasteiger partial charge < -0.3 is 19.2 Å². The van der Waals surface area contributed by atoms with Crippen molar-refractivity contribution in [2.24, 2.45) is 0 Å². The molecule has 3 amide bonds. The number of rotatable bonds is 8. The molecule has 0 saturated carbocycles. The summed E-state index contributed by atoms with van der Waals surface area (Å²) in [5, 5.41) is 15.2. The number of furan rings is 1. The van der Waals surface area contributed by atoms with Gasteiger partial charge in [0.1, 0.15) is 5.76 Å². The number of para-hydroxylation sites is 2. The number of carbonyl (C=O) groups is 3. The van der Waals surface area contributed by atoms with E-state index in [4.69, 9.17) is 9.15 Å². The Balaban J connectivity index is 1.68. The van der Waals surface area contributed by atoms with E-state index >= 15 is 0 Å². The van der Waals surface area contributed by atoms with Gasteiger partial charge in [-0.3, -0.25) is 20.2 Å². The summed E-state index contributed by atoms with van der Waals surface area (Å²) in [6, 6.07) is 7.99. The normalized spacial score (nSPS) is 9.93. The van der Waals surface area contributed by atoms with Crippen molar-refractivity contribution in [2.45, 2.75) is 6.54 Å². The van der Waals surface area contributed by atoms with Gasteiger partial charge in [0.2, 0.25) is 0 Å². The lowest BCUT2D eigenvalue weighted by molar-refractivity contribution is -0.385. The summed E-state index contributed by atoms with van der Waals surface area (Å²) >= 11 is 0. The monoisotopic (exact) mass is 377 g/mol. The topological polar surface area (TPSA) is 150 Å². The average molecular weight is 377 g/mol. The lowest BCUT2D eigenvalue weighted by Gasteiger charge is -2.08. The number of ether oxygens (including phenoxy) is 2. The van der Waals surface area contributed by atoms with Gasteiger partial charge >= 0.3 is 17.7 Å². The van der Waals surface area contributed by atoms with E-state index in [1.165, 1.54) is 30.5 Å². The lowest BCUT2D eigenvalue weighted by atomic mass is 10.3. The first-order chi connectivity index (χ1) is 13.0. The van der Waals surface area contributed by atoms with E-state index in [-0.39, 0.29) is 18.0 Å². The SMILES string of the molecule is O=C(COC(=O)COc1ccccc1[N+](=O)[O-])NC(=O)NCc1ccco1. The highest BCUT2D eigenvalue weighted by atomic mass is 16.6. The molecule has 11 nitrogen and oxygen atoms in total. The van der Waals surface area contributed by atoms with Crippen LogP contribution in [0, 0.1) is 10.1 Å². The third kappa shape index (κ3) is 6.49. The van der Waals surface area contributed by atoms with Crippen molar-refractivity contribution in [2.75, 3.05) is 13.2 Å². The molecule has 1 heterocycles. The summed E-state index contributed by atoms with van der Waals surface area (Å²) in [7, 11) is 0. The largest absolute Gasteiger partial charge is 0.475 e. The van der Waals surface area contributed by atoms with Crippen LogP contribution < -0.4 is 15.4 Å². The molecule has 0 unspecified atom stereocenters. The van der Waals surface area contributed by atoms with Crippen molar-refractivity contribution in [1.29, 1.82) is 0 Å². The number of nitro groups is 1. The zero-order valence-corrected chi connectivity index (χ0v) is 13.9. The van der Waals surface area contributed by atoms with E-state index in [0.29, 0.717) is 5.76 Å². The number of imide groups is 1. The Hall–Kier alpha value is -3.89. The number of hydrogen-bond donors (Lipinski definition) is 2. The van der Waals surface area contributed by atoms with Crippen LogP contribution in [-0.4, -0.2) is 36.0 Å². The van der Waals surface area contributed by atoms with Gasteiger partial charge in [0.15, 0.2) is 19.0 Å². The van der Waals surface area contributed by atoms with Crippen molar-refractivity contribution in [1.82, 2.24) is 10.6 Å². The molecule has 0 aliphatic rings. The molecule has 0 saturated heterocycles. The van der Waals surface area contributed by atoms with Crippen LogP contribution in [0.5, 0.6) is 5.75 Å². The molecule has 0 aliphatic heterocycles. The first-order valence-corrected chi connectivity index (χ1v) is 7.57. The molecular weight excluding hydrogens is 362 g/mol.